The van der Waals surface area contributed by atoms with Crippen LogP contribution in [0.2, 0.25) is 0 Å². The number of fused-ring (bicyclic) bond motifs is 3. The topological polar surface area (TPSA) is 23.6 Å². The van der Waals surface area contributed by atoms with Crippen molar-refractivity contribution in [1.29, 1.82) is 0 Å². The predicted molar refractivity (Wildman–Crippen MR) is 89.8 cm³/mol. The molecular weight excluding hydrogens is 367 g/mol. The summed E-state index contributed by atoms with van der Waals surface area (Å²) in [6, 6.07) is 6.12. The number of anilines is 2. The average Bonchev–Trinajstić information content (AvgIpc) is 3.08. The van der Waals surface area contributed by atoms with Gasteiger partial charge in [0, 0.05) is 19.1 Å². The highest BCUT2D eigenvalue weighted by atomic mass is 19.4. The van der Waals surface area contributed by atoms with Gasteiger partial charge in [-0.3, -0.25) is 4.79 Å². The second-order valence-electron chi connectivity index (χ2n) is 6.70. The molecule has 2 aliphatic heterocycles. The Bertz CT molecular complexity index is 891. The van der Waals surface area contributed by atoms with Crippen molar-refractivity contribution in [2.24, 2.45) is 0 Å². The van der Waals surface area contributed by atoms with E-state index in [0.717, 1.165) is 48.1 Å². The summed E-state index contributed by atoms with van der Waals surface area (Å²) in [4.78, 5) is 15.9. The van der Waals surface area contributed by atoms with Gasteiger partial charge in [-0.1, -0.05) is 6.07 Å². The van der Waals surface area contributed by atoms with Gasteiger partial charge in [-0.05, 0) is 43.2 Å². The number of amides is 1. The molecule has 0 aromatic heterocycles. The predicted octanol–water partition coefficient (Wildman–Crippen LogP) is 4.61. The Balaban J connectivity index is 1.84. The minimum Gasteiger partial charge on any atom is -0.365 e. The van der Waals surface area contributed by atoms with Crippen LogP contribution in [-0.4, -0.2) is 25.0 Å². The van der Waals surface area contributed by atoms with Crippen LogP contribution < -0.4 is 9.80 Å². The average molecular weight is 382 g/mol. The number of hydrogen-bond donors (Lipinski definition) is 0. The molecule has 0 bridgehead atoms. The Kier molecular flexibility index (Phi) is 4.09. The molecule has 8 heteroatoms. The third kappa shape index (κ3) is 2.93. The third-order valence-electron chi connectivity index (χ3n) is 5.10. The second-order valence-corrected chi connectivity index (χ2v) is 6.70. The maximum absolute atomic E-state index is 14.1. The molecule has 142 valence electrons. The number of nitrogens with zero attached hydrogens (tertiary/aromatic N) is 2. The lowest BCUT2D eigenvalue weighted by Gasteiger charge is -2.40. The Labute approximate surface area is 152 Å². The number of carbonyl (C=O) groups is 1. The lowest BCUT2D eigenvalue weighted by molar-refractivity contribution is -0.137. The summed E-state index contributed by atoms with van der Waals surface area (Å²) in [5.74, 6) is -3.05. The van der Waals surface area contributed by atoms with Crippen molar-refractivity contribution in [1.82, 2.24) is 0 Å². The molecule has 1 amide bonds. The lowest BCUT2D eigenvalue weighted by atomic mass is 10.0. The van der Waals surface area contributed by atoms with E-state index in [4.69, 9.17) is 0 Å². The van der Waals surface area contributed by atoms with Crippen LogP contribution in [0.25, 0.3) is 0 Å². The van der Waals surface area contributed by atoms with E-state index in [2.05, 4.69) is 0 Å². The smallest absolute Gasteiger partial charge is 0.365 e. The highest BCUT2D eigenvalue weighted by Gasteiger charge is 2.40. The number of halogens is 5. The Hall–Kier alpha value is -2.64. The van der Waals surface area contributed by atoms with E-state index in [0.29, 0.717) is 12.2 Å². The molecule has 0 spiro atoms. The van der Waals surface area contributed by atoms with E-state index in [9.17, 15) is 26.7 Å². The molecular formula is C19H15F5N2O. The third-order valence-corrected chi connectivity index (χ3v) is 5.10. The van der Waals surface area contributed by atoms with Crippen LogP contribution in [0.1, 0.15) is 28.8 Å². The van der Waals surface area contributed by atoms with Gasteiger partial charge in [0.25, 0.3) is 5.91 Å². The molecule has 1 fully saturated rings. The maximum atomic E-state index is 14.1. The largest absolute Gasteiger partial charge is 0.416 e. The first kappa shape index (κ1) is 17.8. The minimum absolute atomic E-state index is 0.0237. The van der Waals surface area contributed by atoms with Gasteiger partial charge in [0.1, 0.15) is 17.2 Å². The van der Waals surface area contributed by atoms with Crippen molar-refractivity contribution in [3.05, 3.63) is 59.2 Å². The monoisotopic (exact) mass is 382 g/mol. The van der Waals surface area contributed by atoms with Gasteiger partial charge in [-0.25, -0.2) is 8.78 Å². The van der Waals surface area contributed by atoms with E-state index in [-0.39, 0.29) is 18.3 Å². The van der Waals surface area contributed by atoms with Gasteiger partial charge in [0.05, 0.1) is 16.9 Å². The standard InChI is InChI=1S/C19H15F5N2O/c20-13-4-1-5-14(21)17(13)18(27)26-10-12-3-2-8-25(12)15-7-6-11(9-16(15)26)19(22,23)24/h1,4-7,9,12H,2-3,8,10H2/t12-/m0/s1. The zero-order chi connectivity index (χ0) is 19.3. The van der Waals surface area contributed by atoms with Crippen molar-refractivity contribution in [2.45, 2.75) is 25.1 Å². The van der Waals surface area contributed by atoms with Gasteiger partial charge in [-0.2, -0.15) is 13.2 Å². The molecule has 0 aliphatic carbocycles. The number of alkyl halides is 3. The van der Waals surface area contributed by atoms with Crippen molar-refractivity contribution in [2.75, 3.05) is 22.9 Å². The van der Waals surface area contributed by atoms with Gasteiger partial charge < -0.3 is 9.80 Å². The summed E-state index contributed by atoms with van der Waals surface area (Å²) in [6.07, 6.45) is -3.00. The number of rotatable bonds is 1. The first-order valence-electron chi connectivity index (χ1n) is 8.51. The van der Waals surface area contributed by atoms with Gasteiger partial charge in [0.2, 0.25) is 0 Å². The molecule has 2 aromatic carbocycles. The Morgan fingerprint density at radius 1 is 1.04 bits per heavy atom. The molecule has 4 rings (SSSR count). The highest BCUT2D eigenvalue weighted by molar-refractivity contribution is 6.09. The zero-order valence-corrected chi connectivity index (χ0v) is 14.1. The van der Waals surface area contributed by atoms with E-state index < -0.39 is 34.8 Å². The molecule has 2 heterocycles. The number of hydrogen-bond acceptors (Lipinski definition) is 2. The van der Waals surface area contributed by atoms with Crippen molar-refractivity contribution < 1.29 is 26.7 Å². The number of carbonyl (C=O) groups excluding carboxylic acids is 1. The van der Waals surface area contributed by atoms with Crippen LogP contribution in [0.5, 0.6) is 0 Å². The molecule has 3 nitrogen and oxygen atoms in total. The molecule has 1 atom stereocenters. The quantitative estimate of drug-likeness (QED) is 0.673. The van der Waals surface area contributed by atoms with E-state index in [1.807, 2.05) is 4.90 Å². The van der Waals surface area contributed by atoms with E-state index in [1.165, 1.54) is 6.07 Å². The van der Waals surface area contributed by atoms with Crippen LogP contribution in [0.3, 0.4) is 0 Å². The molecule has 27 heavy (non-hydrogen) atoms. The van der Waals surface area contributed by atoms with Crippen molar-refractivity contribution in [3.63, 3.8) is 0 Å². The van der Waals surface area contributed by atoms with E-state index in [1.54, 1.807) is 0 Å². The molecule has 0 unspecified atom stereocenters. The zero-order valence-electron chi connectivity index (χ0n) is 14.1. The molecule has 1 saturated heterocycles. The van der Waals surface area contributed by atoms with Gasteiger partial charge >= 0.3 is 6.18 Å². The first-order chi connectivity index (χ1) is 12.8. The maximum Gasteiger partial charge on any atom is 0.416 e. The van der Waals surface area contributed by atoms with Crippen molar-refractivity contribution in [3.8, 4) is 0 Å². The molecule has 0 saturated carbocycles. The summed E-state index contributed by atoms with van der Waals surface area (Å²) in [7, 11) is 0. The van der Waals surface area contributed by atoms with E-state index >= 15 is 0 Å². The fraction of sp³-hybridized carbons (Fsp3) is 0.316. The van der Waals surface area contributed by atoms with Crippen LogP contribution in [0, 0.1) is 11.6 Å². The summed E-state index contributed by atoms with van der Waals surface area (Å²) in [6.45, 7) is 0.750. The Morgan fingerprint density at radius 3 is 2.41 bits per heavy atom. The van der Waals surface area contributed by atoms with Crippen molar-refractivity contribution >= 4 is 17.3 Å². The fourth-order valence-electron chi connectivity index (χ4n) is 3.84. The fourth-order valence-corrected chi connectivity index (χ4v) is 3.84. The van der Waals surface area contributed by atoms with Gasteiger partial charge in [0.15, 0.2) is 0 Å². The van der Waals surface area contributed by atoms with Crippen LogP contribution in [0.15, 0.2) is 36.4 Å². The number of benzene rings is 2. The highest BCUT2D eigenvalue weighted by Crippen LogP contribution is 2.43. The molecule has 0 N–H and O–H groups in total. The second kappa shape index (κ2) is 6.21. The van der Waals surface area contributed by atoms with Crippen LogP contribution in [-0.2, 0) is 6.18 Å². The molecule has 2 aliphatic rings. The minimum atomic E-state index is -4.59. The van der Waals surface area contributed by atoms with Crippen LogP contribution in [0.4, 0.5) is 33.3 Å². The lowest BCUT2D eigenvalue weighted by Crippen LogP contribution is -2.48. The SMILES string of the molecule is O=C(c1c(F)cccc1F)N1C[C@@H]2CCCN2c2ccc(C(F)(F)F)cc21. The first-order valence-corrected chi connectivity index (χ1v) is 8.51. The van der Waals surface area contributed by atoms with Gasteiger partial charge in [-0.15, -0.1) is 0 Å². The summed E-state index contributed by atoms with van der Waals surface area (Å²) in [5.41, 5.74) is -1.17. The summed E-state index contributed by atoms with van der Waals surface area (Å²) >= 11 is 0. The normalized spacial score (nSPS) is 19.1. The summed E-state index contributed by atoms with van der Waals surface area (Å²) in [5, 5.41) is 0. The summed E-state index contributed by atoms with van der Waals surface area (Å²) < 4.78 is 67.7. The Morgan fingerprint density at radius 2 is 1.74 bits per heavy atom. The molecule has 2 aromatic rings. The van der Waals surface area contributed by atoms with Crippen LogP contribution >= 0.6 is 0 Å². The molecule has 0 radical (unpaired) electrons.